The lowest BCUT2D eigenvalue weighted by Crippen LogP contribution is -2.30. The summed E-state index contributed by atoms with van der Waals surface area (Å²) in [6, 6.07) is 9.81. The summed E-state index contributed by atoms with van der Waals surface area (Å²) in [5.74, 6) is 1.76. The van der Waals surface area contributed by atoms with Gasteiger partial charge in [0.2, 0.25) is 0 Å². The topological polar surface area (TPSA) is 29.5 Å². The van der Waals surface area contributed by atoms with Crippen LogP contribution in [0.4, 0.5) is 4.79 Å². The van der Waals surface area contributed by atoms with Crippen molar-refractivity contribution in [2.45, 2.75) is 27.4 Å². The summed E-state index contributed by atoms with van der Waals surface area (Å²) in [5.41, 5.74) is 1.03. The highest BCUT2D eigenvalue weighted by atomic mass is 16.6. The molecule has 2 atom stereocenters. The maximum atomic E-state index is 12.0. The smallest absolute Gasteiger partial charge is 0.410 e. The standard InChI is InChI=1S/C16H23NO2/c1-12(2)15-10-17(9-13(15)3)16(18)19-11-14-7-5-4-6-8-14/h4-8,12-13,15H,9-11H2,1-3H3/t13-,15-/m1/s1. The van der Waals surface area contributed by atoms with Crippen LogP contribution >= 0.6 is 0 Å². The monoisotopic (exact) mass is 261 g/mol. The van der Waals surface area contributed by atoms with E-state index in [0.29, 0.717) is 24.4 Å². The molecule has 0 unspecified atom stereocenters. The van der Waals surface area contributed by atoms with Crippen molar-refractivity contribution < 1.29 is 9.53 Å². The van der Waals surface area contributed by atoms with Crippen LogP contribution in [-0.4, -0.2) is 24.1 Å². The first-order valence-corrected chi connectivity index (χ1v) is 7.03. The Morgan fingerprint density at radius 1 is 1.32 bits per heavy atom. The van der Waals surface area contributed by atoms with Crippen LogP contribution < -0.4 is 0 Å². The van der Waals surface area contributed by atoms with Crippen LogP contribution in [0.5, 0.6) is 0 Å². The number of hydrogen-bond acceptors (Lipinski definition) is 2. The first kappa shape index (κ1) is 13.9. The Bertz CT molecular complexity index is 416. The molecule has 1 amide bonds. The van der Waals surface area contributed by atoms with E-state index in [1.165, 1.54) is 0 Å². The Morgan fingerprint density at radius 2 is 2.00 bits per heavy atom. The lowest BCUT2D eigenvalue weighted by Gasteiger charge is -2.18. The largest absolute Gasteiger partial charge is 0.445 e. The fraction of sp³-hybridized carbons (Fsp3) is 0.562. The SMILES string of the molecule is CC(C)[C@H]1CN(C(=O)OCc2ccccc2)C[C@H]1C. The lowest BCUT2D eigenvalue weighted by atomic mass is 9.88. The van der Waals surface area contributed by atoms with Gasteiger partial charge in [-0.15, -0.1) is 0 Å². The van der Waals surface area contributed by atoms with Gasteiger partial charge in [0, 0.05) is 13.1 Å². The van der Waals surface area contributed by atoms with Crippen LogP contribution in [0.1, 0.15) is 26.3 Å². The van der Waals surface area contributed by atoms with E-state index in [9.17, 15) is 4.79 Å². The molecular weight excluding hydrogens is 238 g/mol. The van der Waals surface area contributed by atoms with E-state index in [-0.39, 0.29) is 6.09 Å². The number of benzene rings is 1. The van der Waals surface area contributed by atoms with Gasteiger partial charge in [0.1, 0.15) is 6.61 Å². The van der Waals surface area contributed by atoms with Gasteiger partial charge in [-0.2, -0.15) is 0 Å². The molecule has 19 heavy (non-hydrogen) atoms. The molecule has 3 nitrogen and oxygen atoms in total. The molecule has 1 fully saturated rings. The fourth-order valence-corrected chi connectivity index (χ4v) is 2.82. The Morgan fingerprint density at radius 3 is 2.58 bits per heavy atom. The second-order valence-corrected chi connectivity index (χ2v) is 5.83. The molecule has 104 valence electrons. The molecule has 0 bridgehead atoms. The van der Waals surface area contributed by atoms with Gasteiger partial charge in [0.25, 0.3) is 0 Å². The molecule has 0 radical (unpaired) electrons. The van der Waals surface area contributed by atoms with Crippen LogP contribution in [0.2, 0.25) is 0 Å². The molecule has 0 saturated carbocycles. The van der Waals surface area contributed by atoms with E-state index in [1.807, 2.05) is 35.2 Å². The highest BCUT2D eigenvalue weighted by molar-refractivity contribution is 5.68. The van der Waals surface area contributed by atoms with Crippen LogP contribution in [0, 0.1) is 17.8 Å². The van der Waals surface area contributed by atoms with Gasteiger partial charge in [0.05, 0.1) is 0 Å². The summed E-state index contributed by atoms with van der Waals surface area (Å²) < 4.78 is 5.38. The average molecular weight is 261 g/mol. The summed E-state index contributed by atoms with van der Waals surface area (Å²) in [4.78, 5) is 13.9. The van der Waals surface area contributed by atoms with Crippen LogP contribution in [-0.2, 0) is 11.3 Å². The maximum Gasteiger partial charge on any atom is 0.410 e. The number of carbonyl (C=O) groups is 1. The summed E-state index contributed by atoms with van der Waals surface area (Å²) in [7, 11) is 0. The average Bonchev–Trinajstić information content (AvgIpc) is 2.79. The molecule has 1 aliphatic heterocycles. The normalized spacial score (nSPS) is 22.8. The van der Waals surface area contributed by atoms with Gasteiger partial charge >= 0.3 is 6.09 Å². The molecule has 1 saturated heterocycles. The molecule has 1 aromatic rings. The Balaban J connectivity index is 1.85. The minimum Gasteiger partial charge on any atom is -0.445 e. The Labute approximate surface area is 115 Å². The molecule has 2 rings (SSSR count). The summed E-state index contributed by atoms with van der Waals surface area (Å²) in [6.07, 6.45) is -0.182. The minimum absolute atomic E-state index is 0.182. The number of amides is 1. The van der Waals surface area contributed by atoms with Crippen molar-refractivity contribution in [3.63, 3.8) is 0 Å². The predicted octanol–water partition coefficient (Wildman–Crippen LogP) is 3.55. The van der Waals surface area contributed by atoms with E-state index < -0.39 is 0 Å². The maximum absolute atomic E-state index is 12.0. The zero-order valence-corrected chi connectivity index (χ0v) is 12.0. The number of carbonyl (C=O) groups excluding carboxylic acids is 1. The molecule has 0 aromatic heterocycles. The molecular formula is C16H23NO2. The Hall–Kier alpha value is -1.51. The quantitative estimate of drug-likeness (QED) is 0.832. The Kier molecular flexibility index (Phi) is 4.46. The molecule has 1 heterocycles. The zero-order chi connectivity index (χ0) is 13.8. The third-order valence-corrected chi connectivity index (χ3v) is 3.99. The molecule has 0 spiro atoms. The zero-order valence-electron chi connectivity index (χ0n) is 12.0. The van der Waals surface area contributed by atoms with Crippen molar-refractivity contribution in [2.24, 2.45) is 17.8 Å². The number of likely N-dealkylation sites (tertiary alicyclic amines) is 1. The first-order valence-electron chi connectivity index (χ1n) is 7.03. The second-order valence-electron chi connectivity index (χ2n) is 5.83. The number of rotatable bonds is 3. The van der Waals surface area contributed by atoms with Gasteiger partial charge < -0.3 is 9.64 Å². The van der Waals surface area contributed by atoms with E-state index >= 15 is 0 Å². The summed E-state index contributed by atoms with van der Waals surface area (Å²) >= 11 is 0. The van der Waals surface area contributed by atoms with E-state index in [1.54, 1.807) is 0 Å². The van der Waals surface area contributed by atoms with Crippen molar-refractivity contribution >= 4 is 6.09 Å². The molecule has 0 aliphatic carbocycles. The van der Waals surface area contributed by atoms with Crippen LogP contribution in [0.3, 0.4) is 0 Å². The van der Waals surface area contributed by atoms with Gasteiger partial charge in [-0.3, -0.25) is 0 Å². The number of nitrogens with zero attached hydrogens (tertiary/aromatic N) is 1. The number of hydrogen-bond donors (Lipinski definition) is 0. The predicted molar refractivity (Wildman–Crippen MR) is 75.7 cm³/mol. The fourth-order valence-electron chi connectivity index (χ4n) is 2.82. The molecule has 1 aromatic carbocycles. The van der Waals surface area contributed by atoms with Crippen LogP contribution in [0.15, 0.2) is 30.3 Å². The van der Waals surface area contributed by atoms with E-state index in [0.717, 1.165) is 18.7 Å². The van der Waals surface area contributed by atoms with Gasteiger partial charge in [-0.25, -0.2) is 4.79 Å². The van der Waals surface area contributed by atoms with Gasteiger partial charge in [0.15, 0.2) is 0 Å². The summed E-state index contributed by atoms with van der Waals surface area (Å²) in [6.45, 7) is 8.66. The van der Waals surface area contributed by atoms with Crippen molar-refractivity contribution in [2.75, 3.05) is 13.1 Å². The van der Waals surface area contributed by atoms with Crippen molar-refractivity contribution in [3.8, 4) is 0 Å². The lowest BCUT2D eigenvalue weighted by molar-refractivity contribution is 0.102. The molecule has 3 heteroatoms. The van der Waals surface area contributed by atoms with Crippen molar-refractivity contribution in [1.82, 2.24) is 4.90 Å². The highest BCUT2D eigenvalue weighted by Gasteiger charge is 2.34. The molecule has 0 N–H and O–H groups in total. The van der Waals surface area contributed by atoms with Gasteiger partial charge in [-0.1, -0.05) is 51.1 Å². The van der Waals surface area contributed by atoms with E-state index in [2.05, 4.69) is 20.8 Å². The first-order chi connectivity index (χ1) is 9.08. The third kappa shape index (κ3) is 3.49. The second kappa shape index (κ2) is 6.09. The number of ether oxygens (including phenoxy) is 1. The van der Waals surface area contributed by atoms with Gasteiger partial charge in [-0.05, 0) is 23.3 Å². The van der Waals surface area contributed by atoms with Crippen molar-refractivity contribution in [3.05, 3.63) is 35.9 Å². The van der Waals surface area contributed by atoms with Crippen molar-refractivity contribution in [1.29, 1.82) is 0 Å². The third-order valence-electron chi connectivity index (χ3n) is 3.99. The molecule has 1 aliphatic rings. The van der Waals surface area contributed by atoms with Crippen LogP contribution in [0.25, 0.3) is 0 Å². The minimum atomic E-state index is -0.182. The highest BCUT2D eigenvalue weighted by Crippen LogP contribution is 2.29. The summed E-state index contributed by atoms with van der Waals surface area (Å²) in [5, 5.41) is 0. The van der Waals surface area contributed by atoms with E-state index in [4.69, 9.17) is 4.74 Å².